The monoisotopic (exact) mass is 755 g/mol. The van der Waals surface area contributed by atoms with Crippen LogP contribution < -0.4 is 21.1 Å². The molecule has 290 valence electrons. The zero-order chi connectivity index (χ0) is 36.9. The fourth-order valence-corrected chi connectivity index (χ4v) is 7.61. The number of benzene rings is 4. The minimum absolute atomic E-state index is 0. The normalized spacial score (nSPS) is 16.0. The Bertz CT molecular complexity index is 2280. The topological polar surface area (TPSA) is 169 Å². The average molecular weight is 756 g/mol. The third-order valence-corrected chi connectivity index (χ3v) is 10.4. The smallest absolute Gasteiger partial charge is 0.412 e. The lowest BCUT2D eigenvalue weighted by Crippen LogP contribution is -2.44. The number of aryl methyl sites for hydroxylation is 2. The first-order valence-electron chi connectivity index (χ1n) is 18.2. The number of aromatic nitrogens is 4. The van der Waals surface area contributed by atoms with E-state index in [1.54, 1.807) is 17.0 Å². The molecule has 6 N–H and O–H groups in total. The van der Waals surface area contributed by atoms with E-state index >= 15 is 0 Å². The van der Waals surface area contributed by atoms with Crippen LogP contribution in [0.5, 0.6) is 5.75 Å². The van der Waals surface area contributed by atoms with E-state index in [4.69, 9.17) is 0 Å². The number of aliphatic hydroxyl groups is 1. The van der Waals surface area contributed by atoms with Gasteiger partial charge in [-0.3, -0.25) is 19.1 Å². The number of aromatic hydroxyl groups is 1. The lowest BCUT2D eigenvalue weighted by atomic mass is 9.89. The van der Waals surface area contributed by atoms with Crippen molar-refractivity contribution in [2.45, 2.75) is 69.8 Å². The molecule has 2 aromatic heterocycles. The Hall–Kier alpha value is -5.70. The molecule has 1 fully saturated rings. The first kappa shape index (κ1) is 40.5. The number of hydrogen-bond acceptors (Lipinski definition) is 8. The number of fused-ring (bicyclic) bond motifs is 2. The quantitative estimate of drug-likeness (QED) is 0.0779. The zero-order valence-electron chi connectivity index (χ0n) is 30.5. The van der Waals surface area contributed by atoms with Crippen LogP contribution in [0.25, 0.3) is 33.1 Å². The largest absolute Gasteiger partial charge is 0.506 e. The molecule has 1 atom stereocenters. The van der Waals surface area contributed by atoms with Gasteiger partial charge in [-0.1, -0.05) is 59.8 Å². The van der Waals surface area contributed by atoms with Crippen LogP contribution in [0.3, 0.4) is 0 Å². The second-order valence-electron chi connectivity index (χ2n) is 13.8. The Morgan fingerprint density at radius 3 is 2.47 bits per heavy atom. The maximum Gasteiger partial charge on any atom is 0.412 e. The standard InChI is InChI=1S/C41H45N7O5.2FH/c1-42-29-11-13-30(14-12-29)48(41(52)53)36-23-26(9-15-31(36)28-7-3-2-4-8-28)6-5-21-47-35-18-10-27(22-34(35)45-46-47)24-43-25-38(50)32-16-19-37(49)40-33(32)17-20-39(51)44-40;;/h2-4,7-10,15-20,22-23,29-30,38,42-43,49-50H,5-6,11-14,21,24-25H2,1H3,(H,44,51)(H,52,53);2*1H/t29-,30-,38-;;/m0../s1. The van der Waals surface area contributed by atoms with Gasteiger partial charge in [0, 0.05) is 48.7 Å². The first-order chi connectivity index (χ1) is 25.8. The van der Waals surface area contributed by atoms with Gasteiger partial charge >= 0.3 is 6.09 Å². The van der Waals surface area contributed by atoms with Crippen LogP contribution in [0.2, 0.25) is 0 Å². The Balaban J connectivity index is 0.00000290. The van der Waals surface area contributed by atoms with Gasteiger partial charge in [0.25, 0.3) is 0 Å². The van der Waals surface area contributed by atoms with Crippen LogP contribution in [0, 0.1) is 0 Å². The van der Waals surface area contributed by atoms with Crippen molar-refractivity contribution in [2.75, 3.05) is 18.5 Å². The van der Waals surface area contributed by atoms with E-state index in [1.807, 2.05) is 60.3 Å². The Kier molecular flexibility index (Phi) is 13.3. The summed E-state index contributed by atoms with van der Waals surface area (Å²) < 4.78 is 1.90. The van der Waals surface area contributed by atoms with Crippen molar-refractivity contribution in [3.05, 3.63) is 118 Å². The van der Waals surface area contributed by atoms with Gasteiger partial charge in [0.05, 0.1) is 22.8 Å². The van der Waals surface area contributed by atoms with Gasteiger partial charge in [-0.05, 0) is 98.2 Å². The number of pyridine rings is 1. The highest BCUT2D eigenvalue weighted by Crippen LogP contribution is 2.37. The summed E-state index contributed by atoms with van der Waals surface area (Å²) in [6.45, 7) is 1.41. The van der Waals surface area contributed by atoms with Crippen LogP contribution in [0.15, 0.2) is 95.8 Å². The van der Waals surface area contributed by atoms with E-state index in [0.717, 1.165) is 77.5 Å². The maximum atomic E-state index is 12.8. The summed E-state index contributed by atoms with van der Waals surface area (Å²) in [6, 6.07) is 28.7. The number of hydrogen-bond donors (Lipinski definition) is 6. The van der Waals surface area contributed by atoms with E-state index in [-0.39, 0.29) is 33.3 Å². The highest BCUT2D eigenvalue weighted by Gasteiger charge is 2.31. The van der Waals surface area contributed by atoms with E-state index < -0.39 is 12.2 Å². The molecule has 14 heteroatoms. The molecule has 4 aromatic carbocycles. The molecule has 0 unspecified atom stereocenters. The molecule has 0 spiro atoms. The van der Waals surface area contributed by atoms with Crippen LogP contribution in [0.4, 0.5) is 19.9 Å². The van der Waals surface area contributed by atoms with Crippen LogP contribution in [-0.4, -0.2) is 67.1 Å². The van der Waals surface area contributed by atoms with Gasteiger partial charge in [0.15, 0.2) is 0 Å². The maximum absolute atomic E-state index is 12.8. The molecular formula is C41H47F2N7O5. The van der Waals surface area contributed by atoms with Gasteiger partial charge < -0.3 is 30.9 Å². The predicted molar refractivity (Wildman–Crippen MR) is 211 cm³/mol. The summed E-state index contributed by atoms with van der Waals surface area (Å²) in [5.41, 5.74) is 7.00. The molecule has 7 rings (SSSR count). The summed E-state index contributed by atoms with van der Waals surface area (Å²) in [5.74, 6) is -0.0464. The van der Waals surface area contributed by atoms with E-state index in [0.29, 0.717) is 35.6 Å². The number of phenolic OH excluding ortho intramolecular Hbond substituents is 1. The number of carbonyl (C=O) groups is 1. The Labute approximate surface area is 316 Å². The number of amides is 1. The van der Waals surface area contributed by atoms with Gasteiger partial charge in [-0.25, -0.2) is 9.48 Å². The lowest BCUT2D eigenvalue weighted by Gasteiger charge is -2.36. The minimum atomic E-state index is -0.920. The minimum Gasteiger partial charge on any atom is -0.506 e. The fraction of sp³-hybridized carbons (Fsp3) is 0.317. The number of phenols is 1. The van der Waals surface area contributed by atoms with E-state index in [1.165, 1.54) is 12.1 Å². The molecule has 2 heterocycles. The summed E-state index contributed by atoms with van der Waals surface area (Å²) in [4.78, 5) is 28.8. The summed E-state index contributed by atoms with van der Waals surface area (Å²) >= 11 is 0. The number of nitrogens with zero attached hydrogens (tertiary/aromatic N) is 4. The third kappa shape index (κ3) is 8.99. The van der Waals surface area contributed by atoms with Crippen LogP contribution in [-0.2, 0) is 19.5 Å². The summed E-state index contributed by atoms with van der Waals surface area (Å²) in [5, 5.41) is 47.7. The van der Waals surface area contributed by atoms with Crippen molar-refractivity contribution in [1.82, 2.24) is 30.6 Å². The number of nitrogens with one attached hydrogen (secondary N) is 3. The molecule has 1 aliphatic rings. The number of anilines is 1. The number of H-pyrrole nitrogens is 1. The Morgan fingerprint density at radius 1 is 0.964 bits per heavy atom. The summed E-state index contributed by atoms with van der Waals surface area (Å²) in [6.07, 6.45) is 3.29. The summed E-state index contributed by atoms with van der Waals surface area (Å²) in [7, 11) is 1.97. The molecule has 0 bridgehead atoms. The van der Waals surface area contributed by atoms with Crippen molar-refractivity contribution in [1.29, 1.82) is 0 Å². The number of halogens is 2. The molecule has 6 aromatic rings. The zero-order valence-corrected chi connectivity index (χ0v) is 30.5. The van der Waals surface area contributed by atoms with Crippen molar-refractivity contribution in [2.24, 2.45) is 0 Å². The average Bonchev–Trinajstić information content (AvgIpc) is 3.58. The second-order valence-corrected chi connectivity index (χ2v) is 13.8. The second kappa shape index (κ2) is 18.1. The predicted octanol–water partition coefficient (Wildman–Crippen LogP) is 6.42. The number of aromatic amines is 1. The van der Waals surface area contributed by atoms with Gasteiger partial charge in [0.2, 0.25) is 5.56 Å². The third-order valence-electron chi connectivity index (χ3n) is 10.4. The lowest BCUT2D eigenvalue weighted by molar-refractivity contribution is 0.176. The Morgan fingerprint density at radius 2 is 1.73 bits per heavy atom. The molecule has 1 aliphatic carbocycles. The first-order valence-corrected chi connectivity index (χ1v) is 18.2. The van der Waals surface area contributed by atoms with Gasteiger partial charge in [0.1, 0.15) is 11.3 Å². The van der Waals surface area contributed by atoms with Crippen LogP contribution in [0.1, 0.15) is 54.9 Å². The highest BCUT2D eigenvalue weighted by atomic mass is 19.0. The van der Waals surface area contributed by atoms with Gasteiger partial charge in [-0.2, -0.15) is 0 Å². The van der Waals surface area contributed by atoms with Crippen LogP contribution >= 0.6 is 0 Å². The molecule has 12 nitrogen and oxygen atoms in total. The number of aliphatic hydroxyl groups excluding tert-OH is 1. The molecule has 0 aliphatic heterocycles. The molecule has 1 saturated carbocycles. The molecule has 55 heavy (non-hydrogen) atoms. The molecular weight excluding hydrogens is 708 g/mol. The SMILES string of the molecule is CN[C@H]1CC[C@H](N(C(=O)O)c2cc(CCCn3nnc4cc(CNC[C@H](O)c5ccc(O)c6[nH]c(=O)ccc56)ccc43)ccc2-c2ccccc2)CC1.F.F. The van der Waals surface area contributed by atoms with E-state index in [2.05, 4.69) is 44.1 Å². The number of carboxylic acid groups (broad SMARTS) is 1. The fourth-order valence-electron chi connectivity index (χ4n) is 7.61. The molecule has 1 amide bonds. The molecule has 0 saturated heterocycles. The van der Waals surface area contributed by atoms with Gasteiger partial charge in [-0.15, -0.1) is 5.10 Å². The molecule has 0 radical (unpaired) electrons. The van der Waals surface area contributed by atoms with Crippen molar-refractivity contribution in [3.8, 4) is 16.9 Å². The van der Waals surface area contributed by atoms with E-state index in [9.17, 15) is 24.9 Å². The van der Waals surface area contributed by atoms with Crippen molar-refractivity contribution in [3.63, 3.8) is 0 Å². The van der Waals surface area contributed by atoms with Crippen molar-refractivity contribution < 1.29 is 29.5 Å². The van der Waals surface area contributed by atoms with Crippen molar-refractivity contribution >= 4 is 33.7 Å². The highest BCUT2D eigenvalue weighted by molar-refractivity contribution is 5.94. The number of rotatable bonds is 13.